The third kappa shape index (κ3) is 3.29. The molecule has 1 atom stereocenters. The summed E-state index contributed by atoms with van der Waals surface area (Å²) in [6.45, 7) is 14.9. The lowest BCUT2D eigenvalue weighted by atomic mass is 10.0. The molecule has 0 aromatic heterocycles. The van der Waals surface area contributed by atoms with Crippen molar-refractivity contribution in [2.75, 3.05) is 13.6 Å². The summed E-state index contributed by atoms with van der Waals surface area (Å²) in [5, 5.41) is 3.78. The van der Waals surface area contributed by atoms with Crippen molar-refractivity contribution in [1.82, 2.24) is 20.0 Å². The lowest BCUT2D eigenvalue weighted by molar-refractivity contribution is 0.243. The molecule has 2 aliphatic rings. The maximum absolute atomic E-state index is 4.48. The van der Waals surface area contributed by atoms with Crippen LogP contribution in [-0.2, 0) is 6.54 Å². The molecule has 29 heavy (non-hydrogen) atoms. The molecule has 0 bridgehead atoms. The van der Waals surface area contributed by atoms with Crippen molar-refractivity contribution in [3.8, 4) is 0 Å². The third-order valence-electron chi connectivity index (χ3n) is 5.86. The van der Waals surface area contributed by atoms with E-state index in [1.54, 1.807) is 0 Å². The molecule has 0 aliphatic carbocycles. The molecule has 4 heteroatoms. The van der Waals surface area contributed by atoms with Gasteiger partial charge in [0.15, 0.2) is 0 Å². The predicted octanol–water partition coefficient (Wildman–Crippen LogP) is 4.91. The quantitative estimate of drug-likeness (QED) is 0.788. The number of benzene rings is 2. The highest BCUT2D eigenvalue weighted by Gasteiger charge is 2.41. The topological polar surface area (TPSA) is 21.8 Å². The first-order valence-electron chi connectivity index (χ1n) is 10.3. The van der Waals surface area contributed by atoms with Crippen LogP contribution in [0, 0.1) is 6.92 Å². The summed E-state index contributed by atoms with van der Waals surface area (Å²) in [4.78, 5) is 6.84. The number of hydrogen-bond donors (Lipinski definition) is 1. The zero-order valence-electron chi connectivity index (χ0n) is 17.7. The highest BCUT2D eigenvalue weighted by molar-refractivity contribution is 5.44. The second-order valence-electron chi connectivity index (χ2n) is 7.79. The first-order valence-corrected chi connectivity index (χ1v) is 10.3. The van der Waals surface area contributed by atoms with Crippen LogP contribution in [-0.4, -0.2) is 28.3 Å². The van der Waals surface area contributed by atoms with Crippen molar-refractivity contribution in [2.45, 2.75) is 33.0 Å². The molecule has 2 aromatic rings. The van der Waals surface area contributed by atoms with Crippen molar-refractivity contribution in [2.24, 2.45) is 0 Å². The average molecular weight is 387 g/mol. The lowest BCUT2D eigenvalue weighted by Crippen LogP contribution is -2.40. The molecule has 4 rings (SSSR count). The van der Waals surface area contributed by atoms with E-state index < -0.39 is 0 Å². The van der Waals surface area contributed by atoms with Gasteiger partial charge in [0.25, 0.3) is 0 Å². The standard InChI is InChI=1S/C25H30N4/c1-6-16-28-19(3)23-25(27(5)20(28)4)26-24(22-15-11-10-12-18(22)2)29(23)17-21-13-8-7-9-14-21/h7-15,24,26H,3-4,6,16-17H2,1-2,5H3. The fourth-order valence-electron chi connectivity index (χ4n) is 4.27. The fraction of sp³-hybridized carbons (Fsp3) is 0.280. The Labute approximate surface area is 174 Å². The van der Waals surface area contributed by atoms with Gasteiger partial charge >= 0.3 is 0 Å². The Morgan fingerprint density at radius 1 is 1.00 bits per heavy atom. The van der Waals surface area contributed by atoms with E-state index in [2.05, 4.69) is 109 Å². The number of nitrogens with zero attached hydrogens (tertiary/aromatic N) is 3. The first kappa shape index (κ1) is 19.2. The molecule has 0 fully saturated rings. The molecule has 0 spiro atoms. The monoisotopic (exact) mass is 386 g/mol. The van der Waals surface area contributed by atoms with Gasteiger partial charge < -0.3 is 20.0 Å². The first-order chi connectivity index (χ1) is 14.0. The predicted molar refractivity (Wildman–Crippen MR) is 119 cm³/mol. The Kier molecular flexibility index (Phi) is 5.10. The Bertz CT molecular complexity index is 960. The summed E-state index contributed by atoms with van der Waals surface area (Å²) >= 11 is 0. The Hall–Kier alpha value is -3.14. The van der Waals surface area contributed by atoms with Gasteiger partial charge in [-0.2, -0.15) is 0 Å². The molecule has 0 radical (unpaired) electrons. The van der Waals surface area contributed by atoms with Crippen LogP contribution in [0.5, 0.6) is 0 Å². The van der Waals surface area contributed by atoms with Gasteiger partial charge in [0.2, 0.25) is 0 Å². The van der Waals surface area contributed by atoms with Crippen molar-refractivity contribution in [3.63, 3.8) is 0 Å². The molecule has 2 aliphatic heterocycles. The van der Waals surface area contributed by atoms with Crippen molar-refractivity contribution in [3.05, 3.63) is 107 Å². The summed E-state index contributed by atoms with van der Waals surface area (Å²) in [7, 11) is 2.08. The highest BCUT2D eigenvalue weighted by Crippen LogP contribution is 2.42. The van der Waals surface area contributed by atoms with Crippen LogP contribution < -0.4 is 5.32 Å². The van der Waals surface area contributed by atoms with Gasteiger partial charge in [0.05, 0.1) is 5.70 Å². The zero-order chi connectivity index (χ0) is 20.5. The van der Waals surface area contributed by atoms with Crippen LogP contribution in [0.2, 0.25) is 0 Å². The van der Waals surface area contributed by atoms with Crippen molar-refractivity contribution >= 4 is 0 Å². The molecular weight excluding hydrogens is 356 g/mol. The summed E-state index contributed by atoms with van der Waals surface area (Å²) < 4.78 is 0. The number of nitrogens with one attached hydrogen (secondary N) is 1. The summed E-state index contributed by atoms with van der Waals surface area (Å²) in [6, 6.07) is 19.2. The van der Waals surface area contributed by atoms with E-state index in [0.717, 1.165) is 42.5 Å². The van der Waals surface area contributed by atoms with E-state index in [1.807, 2.05) is 0 Å². The van der Waals surface area contributed by atoms with Crippen LogP contribution in [0.25, 0.3) is 0 Å². The van der Waals surface area contributed by atoms with Gasteiger partial charge in [-0.3, -0.25) is 0 Å². The van der Waals surface area contributed by atoms with Crippen LogP contribution in [0.3, 0.4) is 0 Å². The summed E-state index contributed by atoms with van der Waals surface area (Å²) in [5.74, 6) is 2.05. The maximum Gasteiger partial charge on any atom is 0.135 e. The minimum atomic E-state index is 0.0509. The maximum atomic E-state index is 4.48. The minimum absolute atomic E-state index is 0.0509. The minimum Gasteiger partial charge on any atom is -0.346 e. The number of rotatable bonds is 5. The molecule has 1 N–H and O–H groups in total. The fourth-order valence-corrected chi connectivity index (χ4v) is 4.27. The van der Waals surface area contributed by atoms with E-state index in [9.17, 15) is 0 Å². The van der Waals surface area contributed by atoms with Gasteiger partial charge in [-0.25, -0.2) is 0 Å². The number of hydrogen-bond acceptors (Lipinski definition) is 4. The van der Waals surface area contributed by atoms with Gasteiger partial charge in [-0.05, 0) is 30.0 Å². The Morgan fingerprint density at radius 3 is 2.38 bits per heavy atom. The van der Waals surface area contributed by atoms with Crippen molar-refractivity contribution in [1.29, 1.82) is 0 Å². The SMILES string of the molecule is C=C1C2=C(NC(c3ccccc3C)N2Cc2ccccc2)N(C)C(=C)N1CCC. The van der Waals surface area contributed by atoms with E-state index >= 15 is 0 Å². The molecular formula is C25H30N4. The highest BCUT2D eigenvalue weighted by atomic mass is 15.5. The van der Waals surface area contributed by atoms with Crippen LogP contribution in [0.15, 0.2) is 90.8 Å². The van der Waals surface area contributed by atoms with E-state index in [4.69, 9.17) is 0 Å². The second kappa shape index (κ2) is 7.70. The smallest absolute Gasteiger partial charge is 0.135 e. The lowest BCUT2D eigenvalue weighted by Gasteiger charge is -2.40. The van der Waals surface area contributed by atoms with Crippen LogP contribution in [0.1, 0.15) is 36.2 Å². The Balaban J connectivity index is 1.80. The van der Waals surface area contributed by atoms with E-state index in [1.165, 1.54) is 16.7 Å². The van der Waals surface area contributed by atoms with Gasteiger partial charge in [0.1, 0.15) is 23.5 Å². The molecule has 0 saturated carbocycles. The summed E-state index contributed by atoms with van der Waals surface area (Å²) in [6.07, 6.45) is 1.09. The molecule has 2 aromatic carbocycles. The van der Waals surface area contributed by atoms with Crippen molar-refractivity contribution < 1.29 is 0 Å². The molecule has 150 valence electrons. The van der Waals surface area contributed by atoms with Gasteiger partial charge in [0, 0.05) is 20.1 Å². The van der Waals surface area contributed by atoms with Gasteiger partial charge in [-0.1, -0.05) is 74.7 Å². The largest absolute Gasteiger partial charge is 0.346 e. The molecule has 2 heterocycles. The second-order valence-corrected chi connectivity index (χ2v) is 7.79. The summed E-state index contributed by atoms with van der Waals surface area (Å²) in [5.41, 5.74) is 6.02. The molecule has 0 amide bonds. The van der Waals surface area contributed by atoms with E-state index in [0.29, 0.717) is 0 Å². The Morgan fingerprint density at radius 2 is 1.69 bits per heavy atom. The van der Waals surface area contributed by atoms with Crippen LogP contribution >= 0.6 is 0 Å². The normalized spacial score (nSPS) is 19.0. The molecule has 4 nitrogen and oxygen atoms in total. The average Bonchev–Trinajstić information content (AvgIpc) is 3.10. The number of aryl methyl sites for hydroxylation is 1. The van der Waals surface area contributed by atoms with E-state index in [-0.39, 0.29) is 6.17 Å². The van der Waals surface area contributed by atoms with Crippen LogP contribution in [0.4, 0.5) is 0 Å². The third-order valence-corrected chi connectivity index (χ3v) is 5.86. The molecule has 1 unspecified atom stereocenters. The van der Waals surface area contributed by atoms with Gasteiger partial charge in [-0.15, -0.1) is 0 Å². The zero-order valence-corrected chi connectivity index (χ0v) is 17.7. The molecule has 0 saturated heterocycles.